The lowest BCUT2D eigenvalue weighted by Gasteiger charge is -2.50. The fourth-order valence-corrected chi connectivity index (χ4v) is 6.04. The summed E-state index contributed by atoms with van der Waals surface area (Å²) in [4.78, 5) is 18.2. The van der Waals surface area contributed by atoms with Crippen molar-refractivity contribution < 1.29 is 14.3 Å². The Labute approximate surface area is 174 Å². The van der Waals surface area contributed by atoms with Crippen molar-refractivity contribution in [3.05, 3.63) is 35.4 Å². The number of nitrogens with zero attached hydrogens (tertiary/aromatic N) is 2. The van der Waals surface area contributed by atoms with Crippen molar-refractivity contribution in [1.82, 2.24) is 9.80 Å². The quantitative estimate of drug-likeness (QED) is 0.768. The molecule has 4 aliphatic heterocycles. The summed E-state index contributed by atoms with van der Waals surface area (Å²) in [5.41, 5.74) is 2.98. The van der Waals surface area contributed by atoms with Gasteiger partial charge in [0.15, 0.2) is 0 Å². The van der Waals surface area contributed by atoms with Crippen molar-refractivity contribution in [2.24, 2.45) is 5.92 Å². The molecule has 0 aromatic heterocycles. The molecule has 1 amide bonds. The Hall–Kier alpha value is -1.43. The molecule has 1 aromatic carbocycles. The third-order valence-electron chi connectivity index (χ3n) is 7.79. The largest absolute Gasteiger partial charge is 0.381 e. The summed E-state index contributed by atoms with van der Waals surface area (Å²) < 4.78 is 11.1. The Kier molecular flexibility index (Phi) is 5.63. The summed E-state index contributed by atoms with van der Waals surface area (Å²) in [6.07, 6.45) is 6.39. The van der Waals surface area contributed by atoms with Crippen LogP contribution in [0.25, 0.3) is 0 Å². The van der Waals surface area contributed by atoms with E-state index in [1.807, 2.05) is 0 Å². The molecule has 1 spiro atoms. The van der Waals surface area contributed by atoms with E-state index in [1.165, 1.54) is 11.1 Å². The molecule has 4 heterocycles. The van der Waals surface area contributed by atoms with Gasteiger partial charge >= 0.3 is 0 Å². The van der Waals surface area contributed by atoms with Gasteiger partial charge < -0.3 is 19.3 Å². The number of piperidine rings is 1. The van der Waals surface area contributed by atoms with Gasteiger partial charge in [0.1, 0.15) is 0 Å². The summed E-state index contributed by atoms with van der Waals surface area (Å²) in [6.45, 7) is 7.21. The lowest BCUT2D eigenvalue weighted by molar-refractivity contribution is -0.141. The minimum absolute atomic E-state index is 0.122. The van der Waals surface area contributed by atoms with Crippen molar-refractivity contribution in [3.63, 3.8) is 0 Å². The molecular weight excluding hydrogens is 364 g/mol. The Balaban J connectivity index is 1.35. The van der Waals surface area contributed by atoms with Crippen molar-refractivity contribution in [3.8, 4) is 0 Å². The van der Waals surface area contributed by atoms with E-state index in [1.54, 1.807) is 0 Å². The minimum atomic E-state index is 0.122. The highest BCUT2D eigenvalue weighted by Crippen LogP contribution is 2.43. The number of hydrogen-bond acceptors (Lipinski definition) is 4. The number of ether oxygens (including phenoxy) is 2. The highest BCUT2D eigenvalue weighted by atomic mass is 16.5. The number of hydrogen-bond donors (Lipinski definition) is 0. The average molecular weight is 399 g/mol. The monoisotopic (exact) mass is 398 g/mol. The topological polar surface area (TPSA) is 42.0 Å². The zero-order chi connectivity index (χ0) is 19.7. The lowest BCUT2D eigenvalue weighted by Crippen LogP contribution is -2.56. The molecule has 158 valence electrons. The lowest BCUT2D eigenvalue weighted by atomic mass is 9.68. The molecule has 3 saturated heterocycles. The Bertz CT molecular complexity index is 717. The van der Waals surface area contributed by atoms with Crippen LogP contribution in [0.1, 0.15) is 49.7 Å². The predicted octanol–water partition coefficient (Wildman–Crippen LogP) is 2.97. The standard InChI is InChI=1S/C24H34N2O3/c27-23(19-5-13-28-14-6-19)26-17-20-3-1-2-4-22(20)24(18-26)9-11-25(12-10-24)21-7-15-29-16-8-21/h1-4,19,21H,5-18H2. The SMILES string of the molecule is O=C(C1CCOCC1)N1Cc2ccccc2C2(CCN(C3CCOCC3)CC2)C1. The molecule has 0 unspecified atom stereocenters. The highest BCUT2D eigenvalue weighted by Gasteiger charge is 2.44. The van der Waals surface area contributed by atoms with Gasteiger partial charge in [-0.3, -0.25) is 4.79 Å². The Morgan fingerprint density at radius 1 is 0.931 bits per heavy atom. The van der Waals surface area contributed by atoms with Crippen LogP contribution < -0.4 is 0 Å². The number of rotatable bonds is 2. The van der Waals surface area contributed by atoms with E-state index in [0.29, 0.717) is 11.9 Å². The van der Waals surface area contributed by atoms with E-state index >= 15 is 0 Å². The van der Waals surface area contributed by atoms with Crippen LogP contribution in [-0.4, -0.2) is 67.8 Å². The second-order valence-corrected chi connectivity index (χ2v) is 9.40. The van der Waals surface area contributed by atoms with Crippen molar-refractivity contribution >= 4 is 5.91 Å². The number of carbonyl (C=O) groups is 1. The number of carbonyl (C=O) groups excluding carboxylic acids is 1. The second kappa shape index (κ2) is 8.37. The van der Waals surface area contributed by atoms with Gasteiger partial charge in [-0.2, -0.15) is 0 Å². The fraction of sp³-hybridized carbons (Fsp3) is 0.708. The molecule has 5 rings (SSSR count). The molecule has 0 atom stereocenters. The molecular formula is C24H34N2O3. The number of likely N-dealkylation sites (tertiary alicyclic amines) is 1. The summed E-state index contributed by atoms with van der Waals surface area (Å²) >= 11 is 0. The Morgan fingerprint density at radius 3 is 2.31 bits per heavy atom. The number of benzene rings is 1. The molecule has 5 heteroatoms. The molecule has 5 nitrogen and oxygen atoms in total. The molecule has 0 radical (unpaired) electrons. The van der Waals surface area contributed by atoms with E-state index < -0.39 is 0 Å². The highest BCUT2D eigenvalue weighted by molar-refractivity contribution is 5.79. The van der Waals surface area contributed by atoms with Crippen LogP contribution in [-0.2, 0) is 26.2 Å². The van der Waals surface area contributed by atoms with Gasteiger partial charge in [0.25, 0.3) is 0 Å². The smallest absolute Gasteiger partial charge is 0.226 e. The average Bonchev–Trinajstić information content (AvgIpc) is 2.80. The van der Waals surface area contributed by atoms with Crippen LogP contribution in [0, 0.1) is 5.92 Å². The summed E-state index contributed by atoms with van der Waals surface area (Å²) in [5.74, 6) is 0.502. The predicted molar refractivity (Wildman–Crippen MR) is 112 cm³/mol. The van der Waals surface area contributed by atoms with Gasteiger partial charge in [0.2, 0.25) is 5.91 Å². The molecule has 0 saturated carbocycles. The van der Waals surface area contributed by atoms with E-state index in [4.69, 9.17) is 9.47 Å². The van der Waals surface area contributed by atoms with Gasteiger partial charge in [0, 0.05) is 56.9 Å². The van der Waals surface area contributed by atoms with E-state index in [-0.39, 0.29) is 11.3 Å². The summed E-state index contributed by atoms with van der Waals surface area (Å²) in [5, 5.41) is 0. The second-order valence-electron chi connectivity index (χ2n) is 9.40. The zero-order valence-electron chi connectivity index (χ0n) is 17.5. The Morgan fingerprint density at radius 2 is 1.59 bits per heavy atom. The van der Waals surface area contributed by atoms with Crippen LogP contribution in [0.4, 0.5) is 0 Å². The number of fused-ring (bicyclic) bond motifs is 2. The molecule has 0 N–H and O–H groups in total. The summed E-state index contributed by atoms with van der Waals surface area (Å²) in [7, 11) is 0. The van der Waals surface area contributed by atoms with Gasteiger partial charge in [0.05, 0.1) is 0 Å². The first-order valence-corrected chi connectivity index (χ1v) is 11.5. The van der Waals surface area contributed by atoms with Crippen LogP contribution in [0.5, 0.6) is 0 Å². The van der Waals surface area contributed by atoms with Crippen LogP contribution in [0.2, 0.25) is 0 Å². The molecule has 1 aromatic rings. The number of amides is 1. The molecule has 0 aliphatic carbocycles. The normalized spacial score (nSPS) is 26.4. The van der Waals surface area contributed by atoms with E-state index in [9.17, 15) is 4.79 Å². The molecule has 29 heavy (non-hydrogen) atoms. The van der Waals surface area contributed by atoms with Gasteiger partial charge in [-0.1, -0.05) is 24.3 Å². The van der Waals surface area contributed by atoms with Crippen LogP contribution in [0.3, 0.4) is 0 Å². The van der Waals surface area contributed by atoms with Crippen molar-refractivity contribution in [2.45, 2.75) is 56.5 Å². The van der Waals surface area contributed by atoms with Gasteiger partial charge in [-0.25, -0.2) is 0 Å². The van der Waals surface area contributed by atoms with E-state index in [2.05, 4.69) is 34.1 Å². The summed E-state index contributed by atoms with van der Waals surface area (Å²) in [6, 6.07) is 9.56. The van der Waals surface area contributed by atoms with Gasteiger partial charge in [-0.15, -0.1) is 0 Å². The molecule has 4 aliphatic rings. The first-order chi connectivity index (χ1) is 14.3. The first kappa shape index (κ1) is 19.5. The third-order valence-corrected chi connectivity index (χ3v) is 7.79. The van der Waals surface area contributed by atoms with E-state index in [0.717, 1.165) is 91.1 Å². The zero-order valence-corrected chi connectivity index (χ0v) is 17.5. The molecule has 3 fully saturated rings. The van der Waals surface area contributed by atoms with Crippen molar-refractivity contribution in [2.75, 3.05) is 46.1 Å². The van der Waals surface area contributed by atoms with Gasteiger partial charge in [-0.05, 0) is 62.7 Å². The molecule has 0 bridgehead atoms. The van der Waals surface area contributed by atoms with Crippen LogP contribution >= 0.6 is 0 Å². The maximum atomic E-state index is 13.3. The third kappa shape index (κ3) is 3.85. The first-order valence-electron chi connectivity index (χ1n) is 11.5. The minimum Gasteiger partial charge on any atom is -0.381 e. The maximum Gasteiger partial charge on any atom is 0.226 e. The fourth-order valence-electron chi connectivity index (χ4n) is 6.04. The van der Waals surface area contributed by atoms with Crippen molar-refractivity contribution in [1.29, 1.82) is 0 Å². The van der Waals surface area contributed by atoms with Crippen LogP contribution in [0.15, 0.2) is 24.3 Å². The maximum absolute atomic E-state index is 13.3.